The normalized spacial score (nSPS) is 12.1. The maximum Gasteiger partial charge on any atom is 0.218 e. The Morgan fingerprint density at radius 2 is 1.85 bits per heavy atom. The minimum absolute atomic E-state index is 0.201. The molecule has 0 saturated heterocycles. The topological polar surface area (TPSA) is 72.5 Å². The molecular weight excluding hydrogens is 188 g/mol. The number of nitrogens with zero attached hydrogens (tertiary/aromatic N) is 1. The predicted molar refractivity (Wildman–Crippen MR) is 51.0 cm³/mol. The molecule has 0 fully saturated rings. The molecule has 1 aromatic rings. The zero-order valence-corrected chi connectivity index (χ0v) is 7.95. The number of aryl methyl sites for hydroxylation is 1. The minimum atomic E-state index is -3.44. The van der Waals surface area contributed by atoms with Crippen LogP contribution in [0, 0.1) is 6.92 Å². The SMILES string of the molecule is Cc1ccc(S(=O)(=O)C=NN)cc1. The van der Waals surface area contributed by atoms with Gasteiger partial charge in [0.25, 0.3) is 0 Å². The van der Waals surface area contributed by atoms with E-state index in [1.807, 2.05) is 6.92 Å². The van der Waals surface area contributed by atoms with Gasteiger partial charge in [0.05, 0.1) is 4.90 Å². The molecule has 0 bridgehead atoms. The fraction of sp³-hybridized carbons (Fsp3) is 0.125. The fourth-order valence-corrected chi connectivity index (χ4v) is 1.67. The number of nitrogens with two attached hydrogens (primary N) is 1. The second-order valence-electron chi connectivity index (χ2n) is 2.61. The number of rotatable bonds is 2. The van der Waals surface area contributed by atoms with Crippen LogP contribution in [0.4, 0.5) is 0 Å². The molecule has 0 atom stereocenters. The zero-order chi connectivity index (χ0) is 9.90. The Kier molecular flexibility index (Phi) is 2.67. The average molecular weight is 198 g/mol. The molecule has 0 radical (unpaired) electrons. The molecule has 1 aromatic carbocycles. The molecule has 0 spiro atoms. The van der Waals surface area contributed by atoms with Crippen LogP contribution in [0.1, 0.15) is 5.56 Å². The molecule has 2 N–H and O–H groups in total. The third-order valence-electron chi connectivity index (χ3n) is 1.55. The van der Waals surface area contributed by atoms with Gasteiger partial charge in [0, 0.05) is 0 Å². The van der Waals surface area contributed by atoms with Gasteiger partial charge in [0.1, 0.15) is 5.55 Å². The predicted octanol–water partition coefficient (Wildman–Crippen LogP) is 0.671. The molecule has 0 heterocycles. The number of benzene rings is 1. The lowest BCUT2D eigenvalue weighted by atomic mass is 10.2. The summed E-state index contributed by atoms with van der Waals surface area (Å²) in [5.41, 5.74) is 1.74. The summed E-state index contributed by atoms with van der Waals surface area (Å²) in [5.74, 6) is 4.77. The Morgan fingerprint density at radius 1 is 1.31 bits per heavy atom. The van der Waals surface area contributed by atoms with E-state index in [-0.39, 0.29) is 4.90 Å². The summed E-state index contributed by atoms with van der Waals surface area (Å²) in [7, 11) is -3.44. The standard InChI is InChI=1S/C8H10N2O2S/c1-7-2-4-8(5-3-7)13(11,12)6-10-9/h2-6H,9H2,1H3. The van der Waals surface area contributed by atoms with E-state index >= 15 is 0 Å². The van der Waals surface area contributed by atoms with Crippen molar-refractivity contribution in [3.8, 4) is 0 Å². The molecule has 0 unspecified atom stereocenters. The van der Waals surface area contributed by atoms with Gasteiger partial charge < -0.3 is 5.84 Å². The van der Waals surface area contributed by atoms with Crippen molar-refractivity contribution < 1.29 is 8.42 Å². The Labute approximate surface area is 77.0 Å². The van der Waals surface area contributed by atoms with Gasteiger partial charge in [0.2, 0.25) is 9.84 Å². The first-order chi connectivity index (χ1) is 6.06. The lowest BCUT2D eigenvalue weighted by Crippen LogP contribution is -2.03. The van der Waals surface area contributed by atoms with Crippen molar-refractivity contribution in [2.75, 3.05) is 0 Å². The summed E-state index contributed by atoms with van der Waals surface area (Å²) in [6.45, 7) is 1.88. The average Bonchev–Trinajstić information content (AvgIpc) is 2.05. The highest BCUT2D eigenvalue weighted by Gasteiger charge is 2.09. The summed E-state index contributed by atoms with van der Waals surface area (Å²) in [6.07, 6.45) is 0. The Bertz CT molecular complexity index is 406. The summed E-state index contributed by atoms with van der Waals surface area (Å²) >= 11 is 0. The highest BCUT2D eigenvalue weighted by atomic mass is 32.2. The van der Waals surface area contributed by atoms with Crippen LogP contribution in [0.5, 0.6) is 0 Å². The molecular formula is C8H10N2O2S. The monoisotopic (exact) mass is 198 g/mol. The van der Waals surface area contributed by atoms with Gasteiger partial charge in [0.15, 0.2) is 0 Å². The molecule has 0 amide bonds. The van der Waals surface area contributed by atoms with Crippen LogP contribution >= 0.6 is 0 Å². The molecule has 0 aliphatic heterocycles. The van der Waals surface area contributed by atoms with Gasteiger partial charge in [-0.1, -0.05) is 17.7 Å². The molecule has 0 aliphatic rings. The molecule has 5 heteroatoms. The summed E-state index contributed by atoms with van der Waals surface area (Å²) in [6, 6.07) is 6.48. The molecule has 0 saturated carbocycles. The highest BCUT2D eigenvalue weighted by molar-refractivity contribution is 8.04. The summed E-state index contributed by atoms with van der Waals surface area (Å²) in [4.78, 5) is 0.201. The Morgan fingerprint density at radius 3 is 2.31 bits per heavy atom. The van der Waals surface area contributed by atoms with Crippen molar-refractivity contribution >= 4 is 15.4 Å². The van der Waals surface area contributed by atoms with Crippen LogP contribution in [0.15, 0.2) is 34.3 Å². The molecule has 70 valence electrons. The van der Waals surface area contributed by atoms with Crippen LogP contribution in [0.2, 0.25) is 0 Å². The Balaban J connectivity index is 3.17. The molecule has 0 aromatic heterocycles. The van der Waals surface area contributed by atoms with E-state index in [9.17, 15) is 8.42 Å². The van der Waals surface area contributed by atoms with Crippen molar-refractivity contribution in [1.82, 2.24) is 0 Å². The van der Waals surface area contributed by atoms with Crippen LogP contribution in [0.3, 0.4) is 0 Å². The zero-order valence-electron chi connectivity index (χ0n) is 7.14. The number of hydrazone groups is 1. The molecule has 13 heavy (non-hydrogen) atoms. The van der Waals surface area contributed by atoms with E-state index in [0.29, 0.717) is 0 Å². The number of hydrogen-bond donors (Lipinski definition) is 1. The van der Waals surface area contributed by atoms with E-state index in [1.165, 1.54) is 12.1 Å². The Hall–Kier alpha value is -1.36. The van der Waals surface area contributed by atoms with E-state index in [1.54, 1.807) is 12.1 Å². The fourth-order valence-electron chi connectivity index (χ4n) is 0.869. The van der Waals surface area contributed by atoms with E-state index in [0.717, 1.165) is 11.1 Å². The van der Waals surface area contributed by atoms with Crippen molar-refractivity contribution in [2.24, 2.45) is 10.9 Å². The number of hydrogen-bond acceptors (Lipinski definition) is 4. The first kappa shape index (κ1) is 9.73. The molecule has 0 aliphatic carbocycles. The van der Waals surface area contributed by atoms with Gasteiger partial charge >= 0.3 is 0 Å². The highest BCUT2D eigenvalue weighted by Crippen LogP contribution is 2.09. The third kappa shape index (κ3) is 2.29. The first-order valence-electron chi connectivity index (χ1n) is 3.61. The second-order valence-corrected chi connectivity index (χ2v) is 4.38. The van der Waals surface area contributed by atoms with E-state index in [2.05, 4.69) is 5.10 Å². The quantitative estimate of drug-likeness (QED) is 0.328. The maximum absolute atomic E-state index is 11.3. The van der Waals surface area contributed by atoms with E-state index < -0.39 is 9.84 Å². The largest absolute Gasteiger partial charge is 0.323 e. The lowest BCUT2D eigenvalue weighted by Gasteiger charge is -1.97. The summed E-state index contributed by atoms with van der Waals surface area (Å²) < 4.78 is 22.6. The van der Waals surface area contributed by atoms with Crippen molar-refractivity contribution in [2.45, 2.75) is 11.8 Å². The van der Waals surface area contributed by atoms with Crippen molar-refractivity contribution in [1.29, 1.82) is 0 Å². The smallest absolute Gasteiger partial charge is 0.218 e. The third-order valence-corrected chi connectivity index (χ3v) is 2.88. The number of sulfone groups is 1. The first-order valence-corrected chi connectivity index (χ1v) is 5.16. The molecule has 4 nitrogen and oxygen atoms in total. The maximum atomic E-state index is 11.3. The minimum Gasteiger partial charge on any atom is -0.323 e. The van der Waals surface area contributed by atoms with Crippen LogP contribution < -0.4 is 5.84 Å². The van der Waals surface area contributed by atoms with E-state index in [4.69, 9.17) is 5.84 Å². The van der Waals surface area contributed by atoms with Gasteiger partial charge in [-0.25, -0.2) is 8.42 Å². The molecule has 1 rings (SSSR count). The second kappa shape index (κ2) is 3.57. The van der Waals surface area contributed by atoms with Crippen LogP contribution in [-0.4, -0.2) is 14.0 Å². The van der Waals surface area contributed by atoms with Crippen molar-refractivity contribution in [3.63, 3.8) is 0 Å². The van der Waals surface area contributed by atoms with Crippen LogP contribution in [-0.2, 0) is 9.84 Å². The van der Waals surface area contributed by atoms with Gasteiger partial charge in [-0.15, -0.1) is 0 Å². The van der Waals surface area contributed by atoms with Gasteiger partial charge in [-0.05, 0) is 19.1 Å². The lowest BCUT2D eigenvalue weighted by molar-refractivity contribution is 0.608. The van der Waals surface area contributed by atoms with Crippen LogP contribution in [0.25, 0.3) is 0 Å². The van der Waals surface area contributed by atoms with Gasteiger partial charge in [-0.3, -0.25) is 0 Å². The summed E-state index contributed by atoms with van der Waals surface area (Å²) in [5, 5.41) is 2.99. The van der Waals surface area contributed by atoms with Crippen molar-refractivity contribution in [3.05, 3.63) is 29.8 Å². The van der Waals surface area contributed by atoms with Gasteiger partial charge in [-0.2, -0.15) is 5.10 Å².